The molecule has 1 heterocycles. The summed E-state index contributed by atoms with van der Waals surface area (Å²) >= 11 is 0. The number of nitrogens with zero attached hydrogens (tertiary/aromatic N) is 2. The number of nitrogens with one attached hydrogen (secondary N) is 1. The second-order valence-electron chi connectivity index (χ2n) is 5.14. The zero-order valence-corrected chi connectivity index (χ0v) is 11.1. The Morgan fingerprint density at radius 1 is 1.44 bits per heavy atom. The summed E-state index contributed by atoms with van der Waals surface area (Å²) in [6.07, 6.45) is 2.65. The molecule has 0 spiro atoms. The number of ether oxygens (including phenoxy) is 1. The van der Waals surface area contributed by atoms with Crippen LogP contribution in [0.15, 0.2) is 6.07 Å². The fourth-order valence-electron chi connectivity index (χ4n) is 1.62. The highest BCUT2D eigenvalue weighted by atomic mass is 16.5. The Kier molecular flexibility index (Phi) is 4.36. The standard InChI is InChI=1S/C13H22N4O/c1-9(2)13-16-11(14)7-12(17-13)15-5-6-18-8-10-3-4-10/h7,9-10H,3-6,8H2,1-2H3,(H3,14,15,16,17). The minimum atomic E-state index is 0.278. The van der Waals surface area contributed by atoms with E-state index in [0.717, 1.165) is 30.7 Å². The Morgan fingerprint density at radius 3 is 2.89 bits per heavy atom. The summed E-state index contributed by atoms with van der Waals surface area (Å²) in [6, 6.07) is 1.76. The van der Waals surface area contributed by atoms with Crippen molar-refractivity contribution in [3.8, 4) is 0 Å². The molecule has 5 nitrogen and oxygen atoms in total. The quantitative estimate of drug-likeness (QED) is 0.724. The van der Waals surface area contributed by atoms with Gasteiger partial charge in [0.25, 0.3) is 0 Å². The first-order valence-electron chi connectivity index (χ1n) is 6.61. The van der Waals surface area contributed by atoms with Crippen LogP contribution in [0.1, 0.15) is 38.4 Å². The van der Waals surface area contributed by atoms with Crippen LogP contribution in [-0.4, -0.2) is 29.7 Å². The van der Waals surface area contributed by atoms with Crippen molar-refractivity contribution in [1.82, 2.24) is 9.97 Å². The number of nitrogen functional groups attached to an aromatic ring is 1. The van der Waals surface area contributed by atoms with Crippen LogP contribution in [0.5, 0.6) is 0 Å². The van der Waals surface area contributed by atoms with E-state index in [1.807, 2.05) is 0 Å². The monoisotopic (exact) mass is 250 g/mol. The second kappa shape index (κ2) is 6.00. The van der Waals surface area contributed by atoms with Gasteiger partial charge in [0, 0.05) is 25.1 Å². The first-order chi connectivity index (χ1) is 8.65. The molecule has 1 fully saturated rings. The van der Waals surface area contributed by atoms with Gasteiger partial charge in [-0.3, -0.25) is 0 Å². The first kappa shape index (κ1) is 13.1. The molecule has 1 saturated carbocycles. The van der Waals surface area contributed by atoms with Gasteiger partial charge in [-0.25, -0.2) is 9.97 Å². The molecule has 0 radical (unpaired) electrons. The molecule has 1 aliphatic rings. The van der Waals surface area contributed by atoms with Crippen LogP contribution in [0.2, 0.25) is 0 Å². The van der Waals surface area contributed by atoms with E-state index in [1.165, 1.54) is 12.8 Å². The molecule has 2 rings (SSSR count). The van der Waals surface area contributed by atoms with Gasteiger partial charge in [-0.2, -0.15) is 0 Å². The molecule has 0 aliphatic heterocycles. The molecule has 1 aromatic heterocycles. The van der Waals surface area contributed by atoms with Crippen molar-refractivity contribution in [3.63, 3.8) is 0 Å². The largest absolute Gasteiger partial charge is 0.384 e. The predicted octanol–water partition coefficient (Wildman–Crippen LogP) is 2.02. The molecule has 0 bridgehead atoms. The van der Waals surface area contributed by atoms with E-state index >= 15 is 0 Å². The molecule has 0 unspecified atom stereocenters. The van der Waals surface area contributed by atoms with E-state index in [4.69, 9.17) is 10.5 Å². The van der Waals surface area contributed by atoms with Crippen LogP contribution in [0.4, 0.5) is 11.6 Å². The van der Waals surface area contributed by atoms with Crippen LogP contribution in [0, 0.1) is 5.92 Å². The molecule has 0 amide bonds. The minimum absolute atomic E-state index is 0.278. The Hall–Kier alpha value is -1.36. The van der Waals surface area contributed by atoms with Gasteiger partial charge in [-0.15, -0.1) is 0 Å². The molecule has 0 atom stereocenters. The van der Waals surface area contributed by atoms with Crippen molar-refractivity contribution >= 4 is 11.6 Å². The first-order valence-corrected chi connectivity index (χ1v) is 6.61. The fourth-order valence-corrected chi connectivity index (χ4v) is 1.62. The number of hydrogen-bond acceptors (Lipinski definition) is 5. The third-order valence-electron chi connectivity index (χ3n) is 2.88. The van der Waals surface area contributed by atoms with Gasteiger partial charge in [-0.1, -0.05) is 13.8 Å². The average Bonchev–Trinajstić information content (AvgIpc) is 3.12. The Labute approximate surface area is 108 Å². The van der Waals surface area contributed by atoms with E-state index in [9.17, 15) is 0 Å². The number of rotatable bonds is 7. The lowest BCUT2D eigenvalue weighted by Crippen LogP contribution is -2.13. The topological polar surface area (TPSA) is 73.1 Å². The molecular formula is C13H22N4O. The summed E-state index contributed by atoms with van der Waals surface area (Å²) < 4.78 is 5.55. The highest BCUT2D eigenvalue weighted by Gasteiger charge is 2.20. The maximum absolute atomic E-state index is 5.75. The molecule has 5 heteroatoms. The zero-order valence-electron chi connectivity index (χ0n) is 11.1. The summed E-state index contributed by atoms with van der Waals surface area (Å²) in [5.74, 6) is 3.15. The van der Waals surface area contributed by atoms with E-state index in [2.05, 4.69) is 29.1 Å². The highest BCUT2D eigenvalue weighted by Crippen LogP contribution is 2.28. The van der Waals surface area contributed by atoms with Crippen molar-refractivity contribution in [2.75, 3.05) is 30.8 Å². The van der Waals surface area contributed by atoms with Crippen molar-refractivity contribution in [2.24, 2.45) is 5.92 Å². The van der Waals surface area contributed by atoms with Gasteiger partial charge in [0.05, 0.1) is 6.61 Å². The summed E-state index contributed by atoms with van der Waals surface area (Å²) in [5, 5.41) is 3.22. The Morgan fingerprint density at radius 2 is 2.22 bits per heavy atom. The fraction of sp³-hybridized carbons (Fsp3) is 0.692. The lowest BCUT2D eigenvalue weighted by molar-refractivity contribution is 0.134. The van der Waals surface area contributed by atoms with Crippen LogP contribution in [0.3, 0.4) is 0 Å². The van der Waals surface area contributed by atoms with Crippen LogP contribution in [0.25, 0.3) is 0 Å². The highest BCUT2D eigenvalue weighted by molar-refractivity contribution is 5.44. The van der Waals surface area contributed by atoms with Crippen molar-refractivity contribution < 1.29 is 4.74 Å². The summed E-state index contributed by atoms with van der Waals surface area (Å²) in [7, 11) is 0. The number of anilines is 2. The molecule has 0 saturated heterocycles. The van der Waals surface area contributed by atoms with Gasteiger partial charge in [0.1, 0.15) is 17.5 Å². The van der Waals surface area contributed by atoms with Gasteiger partial charge in [0.2, 0.25) is 0 Å². The van der Waals surface area contributed by atoms with E-state index in [0.29, 0.717) is 12.4 Å². The summed E-state index contributed by atoms with van der Waals surface area (Å²) in [6.45, 7) is 6.46. The maximum atomic E-state index is 5.75. The van der Waals surface area contributed by atoms with Gasteiger partial charge in [0.15, 0.2) is 0 Å². The lowest BCUT2D eigenvalue weighted by Gasteiger charge is -2.10. The van der Waals surface area contributed by atoms with E-state index in [1.54, 1.807) is 6.07 Å². The Bertz CT molecular complexity index is 391. The third kappa shape index (κ3) is 4.14. The molecular weight excluding hydrogens is 228 g/mol. The normalized spacial score (nSPS) is 15.1. The van der Waals surface area contributed by atoms with E-state index in [-0.39, 0.29) is 5.92 Å². The Balaban J connectivity index is 1.76. The van der Waals surface area contributed by atoms with Crippen LogP contribution >= 0.6 is 0 Å². The smallest absolute Gasteiger partial charge is 0.135 e. The van der Waals surface area contributed by atoms with Crippen LogP contribution in [-0.2, 0) is 4.74 Å². The second-order valence-corrected chi connectivity index (χ2v) is 5.14. The summed E-state index contributed by atoms with van der Waals surface area (Å²) in [4.78, 5) is 8.63. The average molecular weight is 250 g/mol. The van der Waals surface area contributed by atoms with Crippen molar-refractivity contribution in [1.29, 1.82) is 0 Å². The molecule has 100 valence electrons. The molecule has 18 heavy (non-hydrogen) atoms. The number of aromatic nitrogens is 2. The van der Waals surface area contributed by atoms with E-state index < -0.39 is 0 Å². The zero-order chi connectivity index (χ0) is 13.0. The molecule has 1 aromatic rings. The minimum Gasteiger partial charge on any atom is -0.384 e. The molecule has 3 N–H and O–H groups in total. The number of hydrogen-bond donors (Lipinski definition) is 2. The van der Waals surface area contributed by atoms with Crippen molar-refractivity contribution in [2.45, 2.75) is 32.6 Å². The van der Waals surface area contributed by atoms with Crippen LogP contribution < -0.4 is 11.1 Å². The maximum Gasteiger partial charge on any atom is 0.135 e. The molecule has 0 aromatic carbocycles. The van der Waals surface area contributed by atoms with Gasteiger partial charge < -0.3 is 15.8 Å². The lowest BCUT2D eigenvalue weighted by atomic mass is 10.2. The summed E-state index contributed by atoms with van der Waals surface area (Å²) in [5.41, 5.74) is 5.75. The molecule has 1 aliphatic carbocycles. The number of nitrogens with two attached hydrogens (primary N) is 1. The SMILES string of the molecule is CC(C)c1nc(N)cc(NCCOCC2CC2)n1. The third-order valence-corrected chi connectivity index (χ3v) is 2.88. The van der Waals surface area contributed by atoms with Gasteiger partial charge >= 0.3 is 0 Å². The van der Waals surface area contributed by atoms with Gasteiger partial charge in [-0.05, 0) is 18.8 Å². The predicted molar refractivity (Wildman–Crippen MR) is 72.6 cm³/mol. The van der Waals surface area contributed by atoms with Crippen molar-refractivity contribution in [3.05, 3.63) is 11.9 Å².